The molecule has 1 heterocycles. The fourth-order valence-corrected chi connectivity index (χ4v) is 1.82. The van der Waals surface area contributed by atoms with E-state index in [9.17, 15) is 9.59 Å². The van der Waals surface area contributed by atoms with Crippen LogP contribution in [0.4, 0.5) is 0 Å². The first kappa shape index (κ1) is 12.0. The Kier molecular flexibility index (Phi) is 3.37. The van der Waals surface area contributed by atoms with Crippen LogP contribution in [0.5, 0.6) is 0 Å². The lowest BCUT2D eigenvalue weighted by molar-refractivity contribution is -0.149. The van der Waals surface area contributed by atoms with E-state index in [0.29, 0.717) is 18.9 Å². The van der Waals surface area contributed by atoms with Gasteiger partial charge in [0.05, 0.1) is 6.54 Å². The van der Waals surface area contributed by atoms with E-state index in [0.717, 1.165) is 0 Å². The topological polar surface area (TPSA) is 49.4 Å². The lowest BCUT2D eigenvalue weighted by atomic mass is 9.94. The van der Waals surface area contributed by atoms with Crippen LogP contribution >= 0.6 is 0 Å². The largest absolute Gasteiger partial charge is 0.340 e. The highest BCUT2D eigenvalue weighted by Gasteiger charge is 2.41. The van der Waals surface area contributed by atoms with Crippen LogP contribution in [0, 0.1) is 5.92 Å². The highest BCUT2D eigenvalue weighted by atomic mass is 16.2. The molecular formula is C11H20N2O2. The molecule has 0 aromatic rings. The Morgan fingerprint density at radius 2 is 2.07 bits per heavy atom. The van der Waals surface area contributed by atoms with Gasteiger partial charge in [0, 0.05) is 6.54 Å². The van der Waals surface area contributed by atoms with E-state index in [2.05, 4.69) is 5.32 Å². The van der Waals surface area contributed by atoms with Crippen molar-refractivity contribution in [3.8, 4) is 0 Å². The Labute approximate surface area is 91.0 Å². The standard InChI is InChI=1S/C11H20N2O2/c1-5-11(4)10(15)13(6-8(2)3)7-9(14)12-11/h8H,5-7H2,1-4H3,(H,12,14). The number of nitrogens with zero attached hydrogens (tertiary/aromatic N) is 1. The van der Waals surface area contributed by atoms with Gasteiger partial charge in [-0.2, -0.15) is 0 Å². The van der Waals surface area contributed by atoms with E-state index in [1.165, 1.54) is 0 Å². The van der Waals surface area contributed by atoms with Gasteiger partial charge in [0.2, 0.25) is 11.8 Å². The molecule has 0 radical (unpaired) electrons. The van der Waals surface area contributed by atoms with Crippen molar-refractivity contribution in [1.82, 2.24) is 10.2 Å². The summed E-state index contributed by atoms with van der Waals surface area (Å²) in [4.78, 5) is 25.2. The van der Waals surface area contributed by atoms with Crippen molar-refractivity contribution < 1.29 is 9.59 Å². The first-order chi connectivity index (χ1) is 6.89. The SMILES string of the molecule is CCC1(C)NC(=O)CN(CC(C)C)C1=O. The summed E-state index contributed by atoms with van der Waals surface area (Å²) in [6, 6.07) is 0. The zero-order valence-corrected chi connectivity index (χ0v) is 9.96. The smallest absolute Gasteiger partial charge is 0.248 e. The molecule has 4 heteroatoms. The zero-order valence-electron chi connectivity index (χ0n) is 9.96. The molecule has 1 saturated heterocycles. The molecule has 1 aliphatic heterocycles. The van der Waals surface area contributed by atoms with E-state index in [-0.39, 0.29) is 18.4 Å². The second kappa shape index (κ2) is 4.21. The second-order valence-corrected chi connectivity index (χ2v) is 4.81. The van der Waals surface area contributed by atoms with Crippen molar-refractivity contribution >= 4 is 11.8 Å². The number of hydrogen-bond acceptors (Lipinski definition) is 2. The van der Waals surface area contributed by atoms with Crippen LogP contribution in [0.3, 0.4) is 0 Å². The van der Waals surface area contributed by atoms with Crippen LogP contribution in [0.2, 0.25) is 0 Å². The van der Waals surface area contributed by atoms with Crippen LogP contribution < -0.4 is 5.32 Å². The first-order valence-electron chi connectivity index (χ1n) is 5.49. The predicted octanol–water partition coefficient (Wildman–Crippen LogP) is 0.769. The number of rotatable bonds is 3. The van der Waals surface area contributed by atoms with Crippen LogP contribution in [-0.4, -0.2) is 35.3 Å². The van der Waals surface area contributed by atoms with Gasteiger partial charge in [-0.05, 0) is 19.3 Å². The average Bonchev–Trinajstić information content (AvgIpc) is 2.12. The molecule has 0 aromatic carbocycles. The van der Waals surface area contributed by atoms with Gasteiger partial charge in [-0.3, -0.25) is 9.59 Å². The number of carbonyl (C=O) groups is 2. The molecule has 0 aliphatic carbocycles. The van der Waals surface area contributed by atoms with Gasteiger partial charge in [-0.15, -0.1) is 0 Å². The minimum absolute atomic E-state index is 0.0401. The number of piperazine rings is 1. The number of hydrogen-bond donors (Lipinski definition) is 1. The van der Waals surface area contributed by atoms with Crippen LogP contribution in [0.25, 0.3) is 0 Å². The first-order valence-corrected chi connectivity index (χ1v) is 5.49. The van der Waals surface area contributed by atoms with Crippen molar-refractivity contribution in [3.05, 3.63) is 0 Å². The van der Waals surface area contributed by atoms with E-state index >= 15 is 0 Å². The highest BCUT2D eigenvalue weighted by Crippen LogP contribution is 2.18. The third kappa shape index (κ3) is 2.49. The summed E-state index contributed by atoms with van der Waals surface area (Å²) in [5.41, 5.74) is -0.704. The van der Waals surface area contributed by atoms with Crippen LogP contribution in [0.15, 0.2) is 0 Å². The molecule has 4 nitrogen and oxygen atoms in total. The average molecular weight is 212 g/mol. The summed E-state index contributed by atoms with van der Waals surface area (Å²) >= 11 is 0. The molecule has 1 unspecified atom stereocenters. The summed E-state index contributed by atoms with van der Waals surface area (Å²) in [6.07, 6.45) is 0.631. The lowest BCUT2D eigenvalue weighted by Crippen LogP contribution is -2.65. The van der Waals surface area contributed by atoms with Gasteiger partial charge in [0.15, 0.2) is 0 Å². The molecular weight excluding hydrogens is 192 g/mol. The van der Waals surface area contributed by atoms with Crippen molar-refractivity contribution in [2.24, 2.45) is 5.92 Å². The Morgan fingerprint density at radius 1 is 1.47 bits per heavy atom. The van der Waals surface area contributed by atoms with Gasteiger partial charge >= 0.3 is 0 Å². The second-order valence-electron chi connectivity index (χ2n) is 4.81. The van der Waals surface area contributed by atoms with E-state index in [4.69, 9.17) is 0 Å². The molecule has 0 saturated carbocycles. The summed E-state index contributed by atoms with van der Waals surface area (Å²) < 4.78 is 0. The lowest BCUT2D eigenvalue weighted by Gasteiger charge is -2.39. The predicted molar refractivity (Wildman–Crippen MR) is 58.3 cm³/mol. The Bertz CT molecular complexity index is 276. The fourth-order valence-electron chi connectivity index (χ4n) is 1.82. The molecule has 86 valence electrons. The monoisotopic (exact) mass is 212 g/mol. The Balaban J connectivity index is 2.81. The van der Waals surface area contributed by atoms with Gasteiger partial charge in [0.1, 0.15) is 5.54 Å². The molecule has 15 heavy (non-hydrogen) atoms. The molecule has 1 N–H and O–H groups in total. The Hall–Kier alpha value is -1.06. The molecule has 1 aliphatic rings. The van der Waals surface area contributed by atoms with Crippen molar-refractivity contribution in [3.63, 3.8) is 0 Å². The van der Waals surface area contributed by atoms with Gasteiger partial charge in [-0.1, -0.05) is 20.8 Å². The third-order valence-electron chi connectivity index (χ3n) is 2.80. The Morgan fingerprint density at radius 3 is 2.53 bits per heavy atom. The molecule has 1 rings (SSSR count). The highest BCUT2D eigenvalue weighted by molar-refractivity contribution is 5.97. The normalized spacial score (nSPS) is 27.1. The van der Waals surface area contributed by atoms with E-state index in [1.807, 2.05) is 20.8 Å². The molecule has 0 aromatic heterocycles. The van der Waals surface area contributed by atoms with Crippen molar-refractivity contribution in [1.29, 1.82) is 0 Å². The van der Waals surface area contributed by atoms with Crippen LogP contribution in [0.1, 0.15) is 34.1 Å². The van der Waals surface area contributed by atoms with Crippen molar-refractivity contribution in [2.75, 3.05) is 13.1 Å². The number of nitrogens with one attached hydrogen (secondary N) is 1. The number of amides is 2. The van der Waals surface area contributed by atoms with Gasteiger partial charge in [0.25, 0.3) is 0 Å². The maximum absolute atomic E-state index is 12.1. The molecule has 0 bridgehead atoms. The molecule has 1 fully saturated rings. The minimum atomic E-state index is -0.704. The van der Waals surface area contributed by atoms with E-state index < -0.39 is 5.54 Å². The molecule has 1 atom stereocenters. The summed E-state index contributed by atoms with van der Waals surface area (Å²) in [6.45, 7) is 8.65. The summed E-state index contributed by atoms with van der Waals surface area (Å²) in [7, 11) is 0. The van der Waals surface area contributed by atoms with Crippen molar-refractivity contribution in [2.45, 2.75) is 39.7 Å². The molecule has 0 spiro atoms. The van der Waals surface area contributed by atoms with Gasteiger partial charge in [-0.25, -0.2) is 0 Å². The molecule has 2 amide bonds. The fraction of sp³-hybridized carbons (Fsp3) is 0.818. The number of carbonyl (C=O) groups excluding carboxylic acids is 2. The van der Waals surface area contributed by atoms with E-state index in [1.54, 1.807) is 11.8 Å². The maximum atomic E-state index is 12.1. The minimum Gasteiger partial charge on any atom is -0.340 e. The van der Waals surface area contributed by atoms with Crippen LogP contribution in [-0.2, 0) is 9.59 Å². The quantitative estimate of drug-likeness (QED) is 0.751. The van der Waals surface area contributed by atoms with Gasteiger partial charge < -0.3 is 10.2 Å². The maximum Gasteiger partial charge on any atom is 0.248 e. The summed E-state index contributed by atoms with van der Waals surface area (Å²) in [5, 5.41) is 2.77. The third-order valence-corrected chi connectivity index (χ3v) is 2.80. The zero-order chi connectivity index (χ0) is 11.6. The summed E-state index contributed by atoms with van der Waals surface area (Å²) in [5.74, 6) is 0.374.